The van der Waals surface area contributed by atoms with Crippen LogP contribution in [-0.2, 0) is 21.2 Å². The van der Waals surface area contributed by atoms with Crippen molar-refractivity contribution in [3.8, 4) is 0 Å². The van der Waals surface area contributed by atoms with Crippen LogP contribution < -0.4 is 5.32 Å². The van der Waals surface area contributed by atoms with Gasteiger partial charge in [-0.1, -0.05) is 19.9 Å². The van der Waals surface area contributed by atoms with Crippen LogP contribution in [0.2, 0.25) is 0 Å². The standard InChI is InChI=1S/C23H31N3O3S2/c1-4-26(5-2)31(28,29)18-9-6-16(3)20(14-18)24-22(27)15-25-12-10-21-19(11-13-30-21)23(25)17-7-8-17/h6,9,11,13-14,17,23H,4-5,7-8,10,12,15H2,1-3H3,(H,24,27). The molecule has 31 heavy (non-hydrogen) atoms. The molecule has 1 aliphatic carbocycles. The molecule has 1 aromatic carbocycles. The minimum atomic E-state index is -3.57. The third-order valence-corrected chi connectivity index (χ3v) is 9.40. The molecule has 1 fully saturated rings. The Morgan fingerprint density at radius 1 is 1.23 bits per heavy atom. The molecule has 1 saturated carbocycles. The predicted molar refractivity (Wildman–Crippen MR) is 125 cm³/mol. The molecule has 8 heteroatoms. The Morgan fingerprint density at radius 3 is 2.65 bits per heavy atom. The Hall–Kier alpha value is -1.74. The first-order chi connectivity index (χ1) is 14.8. The van der Waals surface area contributed by atoms with Gasteiger partial charge in [-0.25, -0.2) is 8.42 Å². The highest BCUT2D eigenvalue weighted by Crippen LogP contribution is 2.48. The van der Waals surface area contributed by atoms with Crippen LogP contribution in [-0.4, -0.2) is 49.7 Å². The second kappa shape index (κ2) is 9.02. The summed E-state index contributed by atoms with van der Waals surface area (Å²) in [5, 5.41) is 5.14. The minimum Gasteiger partial charge on any atom is -0.325 e. The van der Waals surface area contributed by atoms with Crippen LogP contribution in [0.3, 0.4) is 0 Å². The summed E-state index contributed by atoms with van der Waals surface area (Å²) >= 11 is 1.82. The van der Waals surface area contributed by atoms with Gasteiger partial charge in [-0.2, -0.15) is 4.31 Å². The molecule has 1 amide bonds. The largest absolute Gasteiger partial charge is 0.325 e. The number of carbonyl (C=O) groups is 1. The zero-order valence-electron chi connectivity index (χ0n) is 18.4. The van der Waals surface area contributed by atoms with Crippen LogP contribution in [0.4, 0.5) is 5.69 Å². The molecule has 0 spiro atoms. The Kier molecular flexibility index (Phi) is 6.53. The second-order valence-corrected chi connectivity index (χ2v) is 11.4. The van der Waals surface area contributed by atoms with Gasteiger partial charge in [-0.3, -0.25) is 9.69 Å². The summed E-state index contributed by atoms with van der Waals surface area (Å²) in [5.74, 6) is 0.551. The Balaban J connectivity index is 1.50. The van der Waals surface area contributed by atoms with E-state index in [9.17, 15) is 13.2 Å². The molecule has 0 saturated heterocycles. The number of hydrogen-bond donors (Lipinski definition) is 1. The Bertz CT molecular complexity index is 1060. The number of nitrogens with zero attached hydrogens (tertiary/aromatic N) is 2. The fourth-order valence-electron chi connectivity index (χ4n) is 4.52. The number of thiophene rings is 1. The van der Waals surface area contributed by atoms with Gasteiger partial charge >= 0.3 is 0 Å². The lowest BCUT2D eigenvalue weighted by Gasteiger charge is -2.35. The third kappa shape index (κ3) is 4.58. The van der Waals surface area contributed by atoms with E-state index in [4.69, 9.17) is 0 Å². The molecule has 168 valence electrons. The van der Waals surface area contributed by atoms with E-state index < -0.39 is 10.0 Å². The van der Waals surface area contributed by atoms with Crippen molar-refractivity contribution in [3.63, 3.8) is 0 Å². The molecule has 0 bridgehead atoms. The molecule has 4 rings (SSSR count). The van der Waals surface area contributed by atoms with Crippen molar-refractivity contribution < 1.29 is 13.2 Å². The van der Waals surface area contributed by atoms with Crippen LogP contribution in [0.25, 0.3) is 0 Å². The molecule has 1 unspecified atom stereocenters. The van der Waals surface area contributed by atoms with Crippen LogP contribution >= 0.6 is 11.3 Å². The Labute approximate surface area is 189 Å². The van der Waals surface area contributed by atoms with Gasteiger partial charge in [0.1, 0.15) is 0 Å². The van der Waals surface area contributed by atoms with Gasteiger partial charge < -0.3 is 5.32 Å². The average molecular weight is 462 g/mol. The maximum atomic E-state index is 13.0. The molecule has 6 nitrogen and oxygen atoms in total. The number of rotatable bonds is 8. The van der Waals surface area contributed by atoms with E-state index in [0.717, 1.165) is 18.5 Å². The quantitative estimate of drug-likeness (QED) is 0.644. The minimum absolute atomic E-state index is 0.0928. The monoisotopic (exact) mass is 461 g/mol. The highest BCUT2D eigenvalue weighted by atomic mass is 32.2. The van der Waals surface area contributed by atoms with E-state index in [0.29, 0.717) is 37.3 Å². The maximum absolute atomic E-state index is 13.0. The summed E-state index contributed by atoms with van der Waals surface area (Å²) in [6.07, 6.45) is 3.44. The van der Waals surface area contributed by atoms with Gasteiger partial charge in [0.15, 0.2) is 0 Å². The first-order valence-corrected chi connectivity index (χ1v) is 13.4. The van der Waals surface area contributed by atoms with Crippen LogP contribution in [0.5, 0.6) is 0 Å². The summed E-state index contributed by atoms with van der Waals surface area (Å²) in [6, 6.07) is 7.52. The van der Waals surface area contributed by atoms with Crippen molar-refractivity contribution in [3.05, 3.63) is 45.6 Å². The fourth-order valence-corrected chi connectivity index (χ4v) is 6.92. The number of amides is 1. The lowest BCUT2D eigenvalue weighted by molar-refractivity contribution is -0.118. The number of aryl methyl sites for hydroxylation is 1. The molecular weight excluding hydrogens is 430 g/mol. The predicted octanol–water partition coefficient (Wildman–Crippen LogP) is 4.03. The van der Waals surface area contributed by atoms with E-state index in [1.54, 1.807) is 18.2 Å². The van der Waals surface area contributed by atoms with Crippen molar-refractivity contribution in [2.45, 2.75) is 51.0 Å². The number of sulfonamides is 1. The highest BCUT2D eigenvalue weighted by Gasteiger charge is 2.40. The van der Waals surface area contributed by atoms with Gasteiger partial charge in [0.25, 0.3) is 0 Å². The third-order valence-electron chi connectivity index (χ3n) is 6.36. The molecule has 1 aliphatic heterocycles. The molecule has 1 aromatic heterocycles. The SMILES string of the molecule is CCN(CC)S(=O)(=O)c1ccc(C)c(NC(=O)CN2CCc3sccc3C2C2CC2)c1. The van der Waals surface area contributed by atoms with E-state index in [1.165, 1.54) is 27.6 Å². The molecule has 1 atom stereocenters. The van der Waals surface area contributed by atoms with E-state index >= 15 is 0 Å². The molecule has 0 radical (unpaired) electrons. The molecular formula is C23H31N3O3S2. The summed E-state index contributed by atoms with van der Waals surface area (Å²) < 4.78 is 27.2. The highest BCUT2D eigenvalue weighted by molar-refractivity contribution is 7.89. The molecule has 1 N–H and O–H groups in total. The zero-order valence-corrected chi connectivity index (χ0v) is 20.1. The zero-order chi connectivity index (χ0) is 22.2. The summed E-state index contributed by atoms with van der Waals surface area (Å²) in [6.45, 7) is 7.57. The fraction of sp³-hybridized carbons (Fsp3) is 0.522. The van der Waals surface area contributed by atoms with Crippen LogP contribution in [0, 0.1) is 12.8 Å². The van der Waals surface area contributed by atoms with E-state index in [-0.39, 0.29) is 10.8 Å². The molecule has 2 aromatic rings. The molecule has 2 aliphatic rings. The summed E-state index contributed by atoms with van der Waals surface area (Å²) in [4.78, 5) is 16.9. The normalized spacial score (nSPS) is 19.4. The Morgan fingerprint density at radius 2 is 1.97 bits per heavy atom. The second-order valence-electron chi connectivity index (χ2n) is 8.42. The van der Waals surface area contributed by atoms with Gasteiger partial charge in [-0.15, -0.1) is 11.3 Å². The summed E-state index contributed by atoms with van der Waals surface area (Å²) in [7, 11) is -3.57. The lowest BCUT2D eigenvalue weighted by atomic mass is 9.96. The van der Waals surface area contributed by atoms with Crippen molar-refractivity contribution >= 4 is 33.0 Å². The van der Waals surface area contributed by atoms with Gasteiger partial charge in [0.2, 0.25) is 15.9 Å². The van der Waals surface area contributed by atoms with Crippen LogP contribution in [0.1, 0.15) is 48.7 Å². The number of hydrogen-bond acceptors (Lipinski definition) is 5. The summed E-state index contributed by atoms with van der Waals surface area (Å²) in [5.41, 5.74) is 2.81. The lowest BCUT2D eigenvalue weighted by Crippen LogP contribution is -2.41. The van der Waals surface area contributed by atoms with Gasteiger partial charge in [-0.05, 0) is 66.8 Å². The average Bonchev–Trinajstić information content (AvgIpc) is 3.46. The van der Waals surface area contributed by atoms with Crippen molar-refractivity contribution in [2.24, 2.45) is 5.92 Å². The topological polar surface area (TPSA) is 69.7 Å². The van der Waals surface area contributed by atoms with Crippen molar-refractivity contribution in [1.82, 2.24) is 9.21 Å². The van der Waals surface area contributed by atoms with Crippen molar-refractivity contribution in [1.29, 1.82) is 0 Å². The van der Waals surface area contributed by atoms with Crippen molar-refractivity contribution in [2.75, 3.05) is 31.5 Å². The number of carbonyl (C=O) groups excluding carboxylic acids is 1. The maximum Gasteiger partial charge on any atom is 0.243 e. The smallest absolute Gasteiger partial charge is 0.243 e. The van der Waals surface area contributed by atoms with E-state index in [1.807, 2.05) is 32.1 Å². The number of anilines is 1. The first-order valence-electron chi connectivity index (χ1n) is 11.1. The number of nitrogens with one attached hydrogen (secondary N) is 1. The number of benzene rings is 1. The first kappa shape index (κ1) is 22.5. The van der Waals surface area contributed by atoms with Gasteiger partial charge in [0, 0.05) is 36.2 Å². The number of fused-ring (bicyclic) bond motifs is 1. The molecule has 2 heterocycles. The van der Waals surface area contributed by atoms with Gasteiger partial charge in [0.05, 0.1) is 11.4 Å². The van der Waals surface area contributed by atoms with Crippen LogP contribution in [0.15, 0.2) is 34.5 Å². The van der Waals surface area contributed by atoms with E-state index in [2.05, 4.69) is 21.7 Å².